The fourth-order valence-corrected chi connectivity index (χ4v) is 4.16. The van der Waals surface area contributed by atoms with E-state index in [1.807, 2.05) is 27.7 Å². The van der Waals surface area contributed by atoms with Gasteiger partial charge in [-0.2, -0.15) is 0 Å². The third-order valence-corrected chi connectivity index (χ3v) is 6.08. The molecule has 0 bridgehead atoms. The lowest BCUT2D eigenvalue weighted by atomic mass is 9.92. The molecule has 1 fully saturated rings. The highest BCUT2D eigenvalue weighted by atomic mass is 16.6. The molecule has 1 N–H and O–H groups in total. The Bertz CT molecular complexity index is 1050. The summed E-state index contributed by atoms with van der Waals surface area (Å²) in [7, 11) is 1.41. The molecule has 0 aliphatic carbocycles. The number of benzene rings is 1. The molecule has 0 saturated carbocycles. The number of anilines is 3. The molecule has 2 aromatic rings. The molecule has 0 spiro atoms. The molecule has 10 heteroatoms. The summed E-state index contributed by atoms with van der Waals surface area (Å²) in [6, 6.07) is 6.52. The van der Waals surface area contributed by atoms with Crippen LogP contribution in [0.1, 0.15) is 58.9 Å². The number of amides is 1. The van der Waals surface area contributed by atoms with Crippen LogP contribution in [0.2, 0.25) is 0 Å². The molecule has 1 aromatic heterocycles. The SMILES string of the molecule is CCOc1ncc(Nc2cc(C(CC)CC(=O)OC)ccc2N2CCN(C(=O)OC(C)(C)C)CC2)cn1. The lowest BCUT2D eigenvalue weighted by Crippen LogP contribution is -2.50. The number of esters is 1. The molecular formula is C27H39N5O5. The summed E-state index contributed by atoms with van der Waals surface area (Å²) in [5.74, 6) is -0.203. The maximum Gasteiger partial charge on any atom is 0.410 e. The van der Waals surface area contributed by atoms with E-state index < -0.39 is 5.60 Å². The minimum atomic E-state index is -0.527. The normalized spacial score (nSPS) is 14.6. The van der Waals surface area contributed by atoms with Crippen molar-refractivity contribution < 1.29 is 23.8 Å². The Morgan fingerprint density at radius 2 is 1.76 bits per heavy atom. The molecule has 0 radical (unpaired) electrons. The summed E-state index contributed by atoms with van der Waals surface area (Å²) in [6.07, 6.45) is 4.18. The number of aromatic nitrogens is 2. The van der Waals surface area contributed by atoms with Gasteiger partial charge in [0, 0.05) is 26.2 Å². The second kappa shape index (κ2) is 12.6. The first kappa shape index (κ1) is 28.0. The van der Waals surface area contributed by atoms with Gasteiger partial charge in [-0.25, -0.2) is 14.8 Å². The average Bonchev–Trinajstić information content (AvgIpc) is 2.87. The van der Waals surface area contributed by atoms with E-state index in [4.69, 9.17) is 14.2 Å². The van der Waals surface area contributed by atoms with E-state index in [1.165, 1.54) is 7.11 Å². The molecule has 37 heavy (non-hydrogen) atoms. The third-order valence-electron chi connectivity index (χ3n) is 6.08. The molecule has 1 aromatic carbocycles. The average molecular weight is 514 g/mol. The Morgan fingerprint density at radius 3 is 2.32 bits per heavy atom. The van der Waals surface area contributed by atoms with E-state index in [-0.39, 0.29) is 18.0 Å². The van der Waals surface area contributed by atoms with Gasteiger partial charge in [0.15, 0.2) is 0 Å². The van der Waals surface area contributed by atoms with Crippen molar-refractivity contribution >= 4 is 29.1 Å². The Morgan fingerprint density at radius 1 is 1.08 bits per heavy atom. The Hall–Kier alpha value is -3.56. The number of nitrogens with one attached hydrogen (secondary N) is 1. The van der Waals surface area contributed by atoms with Crippen molar-refractivity contribution in [1.29, 1.82) is 0 Å². The van der Waals surface area contributed by atoms with Gasteiger partial charge in [0.05, 0.1) is 49.6 Å². The highest BCUT2D eigenvalue weighted by Gasteiger charge is 2.27. The van der Waals surface area contributed by atoms with Gasteiger partial charge >= 0.3 is 18.1 Å². The van der Waals surface area contributed by atoms with Gasteiger partial charge in [-0.3, -0.25) is 4.79 Å². The predicted molar refractivity (Wildman–Crippen MR) is 143 cm³/mol. The monoisotopic (exact) mass is 513 g/mol. The number of hydrogen-bond acceptors (Lipinski definition) is 9. The van der Waals surface area contributed by atoms with Crippen LogP contribution < -0.4 is 15.0 Å². The molecular weight excluding hydrogens is 474 g/mol. The molecule has 1 aliphatic rings. The minimum Gasteiger partial charge on any atom is -0.469 e. The smallest absolute Gasteiger partial charge is 0.410 e. The van der Waals surface area contributed by atoms with E-state index in [0.29, 0.717) is 45.2 Å². The lowest BCUT2D eigenvalue weighted by molar-refractivity contribution is -0.141. The summed E-state index contributed by atoms with van der Waals surface area (Å²) >= 11 is 0. The third kappa shape index (κ3) is 7.96. The van der Waals surface area contributed by atoms with Crippen molar-refractivity contribution in [2.24, 2.45) is 0 Å². The van der Waals surface area contributed by atoms with Crippen molar-refractivity contribution in [3.8, 4) is 6.01 Å². The summed E-state index contributed by atoms with van der Waals surface area (Å²) in [5, 5.41) is 3.45. The fourth-order valence-electron chi connectivity index (χ4n) is 4.16. The lowest BCUT2D eigenvalue weighted by Gasteiger charge is -2.37. The summed E-state index contributed by atoms with van der Waals surface area (Å²) in [5.41, 5.74) is 3.10. The molecule has 1 unspecified atom stereocenters. The molecule has 10 nitrogen and oxygen atoms in total. The van der Waals surface area contributed by atoms with Crippen molar-refractivity contribution in [2.75, 3.05) is 50.1 Å². The number of hydrogen-bond donors (Lipinski definition) is 1. The minimum absolute atomic E-state index is 0.0302. The highest BCUT2D eigenvalue weighted by Crippen LogP contribution is 2.35. The topological polar surface area (TPSA) is 106 Å². The van der Waals surface area contributed by atoms with Crippen molar-refractivity contribution in [1.82, 2.24) is 14.9 Å². The largest absolute Gasteiger partial charge is 0.469 e. The van der Waals surface area contributed by atoms with E-state index in [0.717, 1.165) is 29.0 Å². The van der Waals surface area contributed by atoms with Gasteiger partial charge in [0.25, 0.3) is 0 Å². The zero-order valence-corrected chi connectivity index (χ0v) is 22.7. The zero-order chi connectivity index (χ0) is 27.0. The number of rotatable bonds is 9. The number of ether oxygens (including phenoxy) is 3. The van der Waals surface area contributed by atoms with Crippen LogP contribution in [0.25, 0.3) is 0 Å². The second-order valence-corrected chi connectivity index (χ2v) is 9.93. The van der Waals surface area contributed by atoms with E-state index in [1.54, 1.807) is 17.3 Å². The molecule has 1 aliphatic heterocycles. The quantitative estimate of drug-likeness (QED) is 0.476. The second-order valence-electron chi connectivity index (χ2n) is 9.93. The van der Waals surface area contributed by atoms with E-state index >= 15 is 0 Å². The predicted octanol–water partition coefficient (Wildman–Crippen LogP) is 4.73. The van der Waals surface area contributed by atoms with Crippen LogP contribution in [0, 0.1) is 0 Å². The number of nitrogens with zero attached hydrogens (tertiary/aromatic N) is 4. The Labute approximate surface area is 219 Å². The van der Waals surface area contributed by atoms with Gasteiger partial charge in [0.1, 0.15) is 5.60 Å². The van der Waals surface area contributed by atoms with Gasteiger partial charge in [-0.1, -0.05) is 13.0 Å². The van der Waals surface area contributed by atoms with Crippen molar-refractivity contribution in [3.05, 3.63) is 36.2 Å². The van der Waals surface area contributed by atoms with E-state index in [9.17, 15) is 9.59 Å². The van der Waals surface area contributed by atoms with Crippen LogP contribution in [0.3, 0.4) is 0 Å². The maximum atomic E-state index is 12.5. The first-order valence-electron chi connectivity index (χ1n) is 12.8. The number of piperazine rings is 1. The first-order chi connectivity index (χ1) is 17.6. The number of carbonyl (C=O) groups excluding carboxylic acids is 2. The molecule has 1 atom stereocenters. The highest BCUT2D eigenvalue weighted by molar-refractivity contribution is 5.77. The Kier molecular flexibility index (Phi) is 9.54. The van der Waals surface area contributed by atoms with Crippen molar-refractivity contribution in [3.63, 3.8) is 0 Å². The Balaban J connectivity index is 1.84. The number of carbonyl (C=O) groups is 2. The van der Waals surface area contributed by atoms with E-state index in [2.05, 4.69) is 45.3 Å². The van der Waals surface area contributed by atoms with Crippen LogP contribution in [0.15, 0.2) is 30.6 Å². The molecule has 1 saturated heterocycles. The molecule has 1 amide bonds. The fraction of sp³-hybridized carbons (Fsp3) is 0.556. The summed E-state index contributed by atoms with van der Waals surface area (Å²) in [4.78, 5) is 37.0. The van der Waals surface area contributed by atoms with Gasteiger partial charge in [-0.05, 0) is 57.7 Å². The van der Waals surface area contributed by atoms with Gasteiger partial charge in [0.2, 0.25) is 0 Å². The summed E-state index contributed by atoms with van der Waals surface area (Å²) in [6.45, 7) is 12.5. The molecule has 2 heterocycles. The molecule has 202 valence electrons. The van der Waals surface area contributed by atoms with Crippen LogP contribution in [-0.4, -0.2) is 72.4 Å². The van der Waals surface area contributed by atoms with Crippen molar-refractivity contribution in [2.45, 2.75) is 59.0 Å². The van der Waals surface area contributed by atoms with Crippen LogP contribution in [0.5, 0.6) is 6.01 Å². The standard InChI is InChI=1S/C27H39N5O5/c1-7-19(16-24(33)35-6)20-9-10-23(22(15-20)30-21-17-28-25(29-18-21)36-8-2)31-11-13-32(14-12-31)26(34)37-27(3,4)5/h9-10,15,17-19,30H,7-8,11-14,16H2,1-6H3. The zero-order valence-electron chi connectivity index (χ0n) is 22.7. The van der Waals surface area contributed by atoms with Gasteiger partial charge in [-0.15, -0.1) is 0 Å². The van der Waals surface area contributed by atoms with Crippen LogP contribution >= 0.6 is 0 Å². The van der Waals surface area contributed by atoms with Crippen LogP contribution in [0.4, 0.5) is 21.9 Å². The molecule has 3 rings (SSSR count). The number of methoxy groups -OCH3 is 1. The first-order valence-corrected chi connectivity index (χ1v) is 12.8. The van der Waals surface area contributed by atoms with Crippen LogP contribution in [-0.2, 0) is 14.3 Å². The maximum absolute atomic E-state index is 12.5. The summed E-state index contributed by atoms with van der Waals surface area (Å²) < 4.78 is 15.8. The van der Waals surface area contributed by atoms with Gasteiger partial charge < -0.3 is 29.3 Å².